The Balaban J connectivity index is 1.02. The number of nitrogens with zero attached hydrogens (tertiary/aromatic N) is 4. The fraction of sp³-hybridized carbons (Fsp3) is 0.395. The Bertz CT molecular complexity index is 1920. The molecule has 0 saturated heterocycles. The highest BCUT2D eigenvalue weighted by atomic mass is 35.5. The Kier molecular flexibility index (Phi) is 18.4. The average molecular weight is 819 g/mol. The average Bonchev–Trinajstić information content (AvgIpc) is 3.19. The van der Waals surface area contributed by atoms with Gasteiger partial charge in [0.25, 0.3) is 5.69 Å². The summed E-state index contributed by atoms with van der Waals surface area (Å²) in [5.41, 5.74) is 3.19. The van der Waals surface area contributed by atoms with E-state index in [0.29, 0.717) is 69.5 Å². The number of azo groups is 1. The van der Waals surface area contributed by atoms with E-state index in [4.69, 9.17) is 40.0 Å². The highest BCUT2D eigenvalue weighted by molar-refractivity contribution is 6.33. The lowest BCUT2D eigenvalue weighted by atomic mass is 10.1. The molecular weight excluding hydrogens is 768 g/mol. The first-order chi connectivity index (χ1) is 27.9. The number of nitro benzene ring substituents is 1. The fourth-order valence-corrected chi connectivity index (χ4v) is 5.56. The molecular formula is C43H51ClN4O10. The number of non-ortho nitro benzene ring substituents is 1. The smallest absolute Gasteiger partial charge is 0.310 e. The molecule has 310 valence electrons. The Hall–Kier alpha value is -5.57. The third-order valence-electron chi connectivity index (χ3n) is 8.23. The summed E-state index contributed by atoms with van der Waals surface area (Å²) in [6.07, 6.45) is 1.07. The van der Waals surface area contributed by atoms with E-state index < -0.39 is 10.5 Å². The maximum atomic E-state index is 12.3. The molecule has 0 N–H and O–H groups in total. The normalized spacial score (nSPS) is 11.3. The van der Waals surface area contributed by atoms with Gasteiger partial charge in [0.1, 0.15) is 42.6 Å². The van der Waals surface area contributed by atoms with Gasteiger partial charge in [-0.15, -0.1) is 5.11 Å². The summed E-state index contributed by atoms with van der Waals surface area (Å²) in [5, 5.41) is 19.4. The molecule has 4 rings (SSSR count). The van der Waals surface area contributed by atoms with Crippen LogP contribution in [0.4, 0.5) is 22.7 Å². The number of carbonyl (C=O) groups excluding carboxylic acids is 2. The van der Waals surface area contributed by atoms with Crippen LogP contribution in [0, 0.1) is 10.1 Å². The number of likely N-dealkylation sites (N-methyl/N-ethyl adjacent to an activating group) is 1. The van der Waals surface area contributed by atoms with E-state index in [2.05, 4.69) is 22.1 Å². The second-order valence-electron chi connectivity index (χ2n) is 13.9. The summed E-state index contributed by atoms with van der Waals surface area (Å²) in [7, 11) is 0. The van der Waals surface area contributed by atoms with Gasteiger partial charge >= 0.3 is 11.9 Å². The van der Waals surface area contributed by atoms with E-state index in [9.17, 15) is 19.7 Å². The molecule has 0 radical (unpaired) electrons. The maximum Gasteiger partial charge on any atom is 0.310 e. The number of hydrogen-bond donors (Lipinski definition) is 0. The zero-order chi connectivity index (χ0) is 41.8. The Labute approximate surface area is 344 Å². The third kappa shape index (κ3) is 16.9. The van der Waals surface area contributed by atoms with Gasteiger partial charge in [0.05, 0.1) is 55.0 Å². The van der Waals surface area contributed by atoms with Crippen molar-refractivity contribution in [2.45, 2.75) is 52.6 Å². The largest absolute Gasteiger partial charge is 0.492 e. The van der Waals surface area contributed by atoms with E-state index in [0.717, 1.165) is 29.1 Å². The Morgan fingerprint density at radius 3 is 1.95 bits per heavy atom. The topological polar surface area (TPSA) is 161 Å². The third-order valence-corrected chi connectivity index (χ3v) is 8.54. The Morgan fingerprint density at radius 2 is 1.34 bits per heavy atom. The minimum Gasteiger partial charge on any atom is -0.492 e. The molecule has 0 heterocycles. The van der Waals surface area contributed by atoms with Gasteiger partial charge in [0.15, 0.2) is 0 Å². The van der Waals surface area contributed by atoms with Gasteiger partial charge in [-0.25, -0.2) is 0 Å². The van der Waals surface area contributed by atoms with Crippen LogP contribution in [0.1, 0.15) is 45.2 Å². The van der Waals surface area contributed by atoms with E-state index in [1.165, 1.54) is 18.2 Å². The molecule has 0 unspecified atom stereocenters. The fourth-order valence-electron chi connectivity index (χ4n) is 5.34. The van der Waals surface area contributed by atoms with E-state index in [1.54, 1.807) is 0 Å². The van der Waals surface area contributed by atoms with Gasteiger partial charge in [-0.2, -0.15) is 5.11 Å². The van der Waals surface area contributed by atoms with Crippen LogP contribution in [0.5, 0.6) is 11.5 Å². The van der Waals surface area contributed by atoms with Crippen LogP contribution in [0.15, 0.2) is 101 Å². The van der Waals surface area contributed by atoms with Crippen molar-refractivity contribution >= 4 is 46.3 Å². The first-order valence-electron chi connectivity index (χ1n) is 19.1. The number of ether oxygens (including phenoxy) is 6. The van der Waals surface area contributed by atoms with Crippen molar-refractivity contribution in [2.75, 3.05) is 64.2 Å². The van der Waals surface area contributed by atoms with Crippen LogP contribution in [-0.2, 0) is 41.4 Å². The van der Waals surface area contributed by atoms with Gasteiger partial charge < -0.3 is 33.3 Å². The molecule has 0 aliphatic heterocycles. The second-order valence-corrected chi connectivity index (χ2v) is 14.3. The SMILES string of the molecule is CCN(CCOc1ccc(CC(=O)OCCOCCOCCOc2ccc(CCC(=O)OC(C)(C)C)cc2)cc1)c1ccc(N=Nc2ccc([N+](=O)[O-])cc2Cl)cc1. The number of carbonyl (C=O) groups is 2. The van der Waals surface area contributed by atoms with Gasteiger partial charge in [-0.3, -0.25) is 19.7 Å². The van der Waals surface area contributed by atoms with Gasteiger partial charge in [-0.1, -0.05) is 35.9 Å². The molecule has 0 bridgehead atoms. The second kappa shape index (κ2) is 23.6. The molecule has 0 atom stereocenters. The lowest BCUT2D eigenvalue weighted by molar-refractivity contribution is -0.384. The number of halogens is 1. The first-order valence-corrected chi connectivity index (χ1v) is 19.4. The molecule has 58 heavy (non-hydrogen) atoms. The predicted octanol–water partition coefficient (Wildman–Crippen LogP) is 9.04. The van der Waals surface area contributed by atoms with Crippen LogP contribution >= 0.6 is 11.6 Å². The number of aryl methyl sites for hydroxylation is 1. The minimum absolute atomic E-state index is 0.111. The summed E-state index contributed by atoms with van der Waals surface area (Å²) in [6.45, 7) is 11.4. The highest BCUT2D eigenvalue weighted by Gasteiger charge is 2.16. The van der Waals surface area contributed by atoms with E-state index >= 15 is 0 Å². The Morgan fingerprint density at radius 1 is 0.741 bits per heavy atom. The van der Waals surface area contributed by atoms with Crippen molar-refractivity contribution in [3.05, 3.63) is 117 Å². The molecule has 0 aliphatic rings. The molecule has 0 amide bonds. The number of esters is 2. The van der Waals surface area contributed by atoms with Crippen LogP contribution in [-0.4, -0.2) is 81.8 Å². The molecule has 0 spiro atoms. The molecule has 0 aromatic heterocycles. The van der Waals surface area contributed by atoms with Crippen LogP contribution < -0.4 is 14.4 Å². The quantitative estimate of drug-likeness (QED) is 0.0218. The zero-order valence-corrected chi connectivity index (χ0v) is 34.2. The van der Waals surface area contributed by atoms with Gasteiger partial charge in [0, 0.05) is 30.8 Å². The summed E-state index contributed by atoms with van der Waals surface area (Å²) in [6, 6.07) is 26.5. The van der Waals surface area contributed by atoms with Gasteiger partial charge in [0.2, 0.25) is 0 Å². The standard InChI is InChI=1S/C43H51ClN4O10/c1-5-47(35-13-11-34(12-14-35)45-46-40-20-15-36(48(51)52)31-39(40)44)22-23-55-37-18-8-33(9-19-37)30-42(50)57-29-27-54-25-24-53-26-28-56-38-16-6-32(7-17-38)10-21-41(49)58-43(2,3)4/h6-9,11-20,31H,5,10,21-30H2,1-4H3. The summed E-state index contributed by atoms with van der Waals surface area (Å²) >= 11 is 6.11. The van der Waals surface area contributed by atoms with E-state index in [1.807, 2.05) is 93.6 Å². The van der Waals surface area contributed by atoms with Crippen molar-refractivity contribution in [1.82, 2.24) is 0 Å². The monoisotopic (exact) mass is 818 g/mol. The number of nitro groups is 1. The number of benzene rings is 4. The molecule has 14 nitrogen and oxygen atoms in total. The number of hydrogen-bond acceptors (Lipinski definition) is 13. The van der Waals surface area contributed by atoms with Crippen LogP contribution in [0.25, 0.3) is 0 Å². The first kappa shape index (κ1) is 45.1. The van der Waals surface area contributed by atoms with Gasteiger partial charge in [-0.05, 0) is 99.8 Å². The van der Waals surface area contributed by atoms with Crippen molar-refractivity contribution in [3.8, 4) is 11.5 Å². The summed E-state index contributed by atoms with van der Waals surface area (Å²) in [5.74, 6) is 0.859. The summed E-state index contributed by atoms with van der Waals surface area (Å²) < 4.78 is 33.4. The molecule has 0 saturated carbocycles. The van der Waals surface area contributed by atoms with Crippen molar-refractivity contribution in [1.29, 1.82) is 0 Å². The highest BCUT2D eigenvalue weighted by Crippen LogP contribution is 2.31. The molecule has 0 aliphatic carbocycles. The zero-order valence-electron chi connectivity index (χ0n) is 33.4. The summed E-state index contributed by atoms with van der Waals surface area (Å²) in [4.78, 5) is 36.8. The molecule has 4 aromatic carbocycles. The van der Waals surface area contributed by atoms with Crippen molar-refractivity contribution < 1.29 is 42.9 Å². The van der Waals surface area contributed by atoms with Crippen LogP contribution in [0.3, 0.4) is 0 Å². The molecule has 0 fully saturated rings. The number of anilines is 1. The van der Waals surface area contributed by atoms with Crippen molar-refractivity contribution in [3.63, 3.8) is 0 Å². The van der Waals surface area contributed by atoms with Crippen molar-refractivity contribution in [2.24, 2.45) is 10.2 Å². The minimum atomic E-state index is -0.518. The molecule has 15 heteroatoms. The van der Waals surface area contributed by atoms with Crippen LogP contribution in [0.2, 0.25) is 5.02 Å². The molecule has 4 aromatic rings. The van der Waals surface area contributed by atoms with E-state index in [-0.39, 0.29) is 42.3 Å². The number of rotatable bonds is 24. The lowest BCUT2D eigenvalue weighted by Crippen LogP contribution is -2.27. The maximum absolute atomic E-state index is 12.3. The predicted molar refractivity (Wildman–Crippen MR) is 221 cm³/mol. The lowest BCUT2D eigenvalue weighted by Gasteiger charge is -2.23.